The molecule has 4 heteroatoms. The molecule has 1 unspecified atom stereocenters. The molecular weight excluding hydrogens is 218 g/mol. The van der Waals surface area contributed by atoms with Crippen molar-refractivity contribution >= 4 is 11.3 Å². The van der Waals surface area contributed by atoms with Crippen LogP contribution in [0.15, 0.2) is 6.20 Å². The number of nitrogens with zero attached hydrogens (tertiary/aromatic N) is 2. The SMILES string of the molecule is CN(C)Cc1cnc(C2(CN)CC2(C)C)s1. The lowest BCUT2D eigenvalue weighted by atomic mass is 9.97. The Morgan fingerprint density at radius 2 is 2.12 bits per heavy atom. The number of hydrogen-bond donors (Lipinski definition) is 1. The minimum atomic E-state index is 0.155. The molecule has 3 nitrogen and oxygen atoms in total. The Morgan fingerprint density at radius 1 is 1.50 bits per heavy atom. The average molecular weight is 239 g/mol. The molecule has 1 aromatic heterocycles. The Morgan fingerprint density at radius 3 is 2.56 bits per heavy atom. The lowest BCUT2D eigenvalue weighted by molar-refractivity contribution is 0.406. The van der Waals surface area contributed by atoms with Gasteiger partial charge in [0.25, 0.3) is 0 Å². The fraction of sp³-hybridized carbons (Fsp3) is 0.750. The number of hydrogen-bond acceptors (Lipinski definition) is 4. The van der Waals surface area contributed by atoms with E-state index in [9.17, 15) is 0 Å². The van der Waals surface area contributed by atoms with Crippen LogP contribution in [0.5, 0.6) is 0 Å². The standard InChI is InChI=1S/C12H21N3S/c1-11(2)7-12(11,8-13)10-14-5-9(16-10)6-15(3)4/h5H,6-8,13H2,1-4H3. The fourth-order valence-corrected chi connectivity index (χ4v) is 3.83. The summed E-state index contributed by atoms with van der Waals surface area (Å²) in [5.41, 5.74) is 6.43. The van der Waals surface area contributed by atoms with E-state index in [0.717, 1.165) is 13.1 Å². The Labute approximate surface area is 102 Å². The first-order chi connectivity index (χ1) is 7.41. The molecule has 1 aromatic rings. The van der Waals surface area contributed by atoms with Gasteiger partial charge in [-0.3, -0.25) is 0 Å². The van der Waals surface area contributed by atoms with Gasteiger partial charge in [0.15, 0.2) is 0 Å². The smallest absolute Gasteiger partial charge is 0.101 e. The van der Waals surface area contributed by atoms with E-state index in [1.54, 1.807) is 0 Å². The first-order valence-corrected chi connectivity index (χ1v) is 6.53. The van der Waals surface area contributed by atoms with Crippen molar-refractivity contribution in [3.63, 3.8) is 0 Å². The third-order valence-corrected chi connectivity index (χ3v) is 4.88. The second kappa shape index (κ2) is 3.79. The number of nitrogens with two attached hydrogens (primary N) is 1. The zero-order chi connectivity index (χ0) is 12.0. The highest BCUT2D eigenvalue weighted by Crippen LogP contribution is 2.64. The van der Waals surface area contributed by atoms with Crippen molar-refractivity contribution in [1.29, 1.82) is 0 Å². The molecule has 0 aromatic carbocycles. The third kappa shape index (κ3) is 1.79. The molecule has 0 saturated heterocycles. The van der Waals surface area contributed by atoms with Gasteiger partial charge >= 0.3 is 0 Å². The topological polar surface area (TPSA) is 42.2 Å². The van der Waals surface area contributed by atoms with E-state index in [1.807, 2.05) is 17.5 Å². The Hall–Kier alpha value is -0.450. The molecule has 0 aliphatic heterocycles. The van der Waals surface area contributed by atoms with Gasteiger partial charge in [0, 0.05) is 29.6 Å². The Kier molecular flexibility index (Phi) is 2.85. The summed E-state index contributed by atoms with van der Waals surface area (Å²) < 4.78 is 0. The maximum Gasteiger partial charge on any atom is 0.101 e. The highest BCUT2D eigenvalue weighted by atomic mass is 32.1. The second-order valence-electron chi connectivity index (χ2n) is 5.72. The molecule has 2 rings (SSSR count). The molecule has 0 spiro atoms. The predicted octanol–water partition coefficient (Wildman–Crippen LogP) is 1.83. The quantitative estimate of drug-likeness (QED) is 0.871. The molecule has 1 atom stereocenters. The first-order valence-electron chi connectivity index (χ1n) is 5.71. The minimum Gasteiger partial charge on any atom is -0.329 e. The number of thiazole rings is 1. The van der Waals surface area contributed by atoms with Crippen molar-refractivity contribution < 1.29 is 0 Å². The molecule has 1 aliphatic rings. The molecule has 0 amide bonds. The van der Waals surface area contributed by atoms with E-state index in [0.29, 0.717) is 5.41 Å². The molecule has 1 saturated carbocycles. The van der Waals surface area contributed by atoms with Gasteiger partial charge in [-0.25, -0.2) is 4.98 Å². The monoisotopic (exact) mass is 239 g/mol. The molecule has 2 N–H and O–H groups in total. The van der Waals surface area contributed by atoms with Crippen LogP contribution in [-0.4, -0.2) is 30.5 Å². The number of aromatic nitrogens is 1. The maximum atomic E-state index is 5.94. The summed E-state index contributed by atoms with van der Waals surface area (Å²) in [6, 6.07) is 0. The van der Waals surface area contributed by atoms with Gasteiger partial charge in [0.2, 0.25) is 0 Å². The van der Waals surface area contributed by atoms with E-state index in [2.05, 4.69) is 37.8 Å². The van der Waals surface area contributed by atoms with Crippen LogP contribution >= 0.6 is 11.3 Å². The van der Waals surface area contributed by atoms with Gasteiger partial charge < -0.3 is 10.6 Å². The minimum absolute atomic E-state index is 0.155. The van der Waals surface area contributed by atoms with E-state index in [1.165, 1.54) is 16.3 Å². The summed E-state index contributed by atoms with van der Waals surface area (Å²) in [6.07, 6.45) is 3.18. The highest BCUT2D eigenvalue weighted by Gasteiger charge is 2.62. The van der Waals surface area contributed by atoms with Crippen molar-refractivity contribution in [2.24, 2.45) is 11.1 Å². The normalized spacial score (nSPS) is 27.4. The summed E-state index contributed by atoms with van der Waals surface area (Å²) in [6.45, 7) is 6.26. The van der Waals surface area contributed by atoms with Crippen molar-refractivity contribution in [3.8, 4) is 0 Å². The summed E-state index contributed by atoms with van der Waals surface area (Å²) in [5.74, 6) is 0. The molecular formula is C12H21N3S. The lowest BCUT2D eigenvalue weighted by Gasteiger charge is -2.15. The van der Waals surface area contributed by atoms with E-state index >= 15 is 0 Å². The van der Waals surface area contributed by atoms with Crippen LogP contribution < -0.4 is 5.73 Å². The van der Waals surface area contributed by atoms with Crippen molar-refractivity contribution in [2.75, 3.05) is 20.6 Å². The molecule has 0 radical (unpaired) electrons. The zero-order valence-corrected chi connectivity index (χ0v) is 11.4. The van der Waals surface area contributed by atoms with E-state index in [4.69, 9.17) is 5.73 Å². The number of rotatable bonds is 4. The highest BCUT2D eigenvalue weighted by molar-refractivity contribution is 7.11. The second-order valence-corrected chi connectivity index (χ2v) is 6.83. The predicted molar refractivity (Wildman–Crippen MR) is 68.6 cm³/mol. The van der Waals surface area contributed by atoms with Gasteiger partial charge in [-0.15, -0.1) is 11.3 Å². The molecule has 16 heavy (non-hydrogen) atoms. The lowest BCUT2D eigenvalue weighted by Crippen LogP contribution is -2.25. The summed E-state index contributed by atoms with van der Waals surface area (Å²) in [4.78, 5) is 8.08. The zero-order valence-electron chi connectivity index (χ0n) is 10.6. The van der Waals surface area contributed by atoms with E-state index < -0.39 is 0 Å². The molecule has 1 aliphatic carbocycles. The summed E-state index contributed by atoms with van der Waals surface area (Å²) in [7, 11) is 4.16. The van der Waals surface area contributed by atoms with Crippen molar-refractivity contribution in [2.45, 2.75) is 32.2 Å². The van der Waals surface area contributed by atoms with Gasteiger partial charge in [0.1, 0.15) is 5.01 Å². The van der Waals surface area contributed by atoms with Gasteiger partial charge in [-0.2, -0.15) is 0 Å². The molecule has 1 heterocycles. The third-order valence-electron chi connectivity index (χ3n) is 3.70. The van der Waals surface area contributed by atoms with Crippen LogP contribution in [-0.2, 0) is 12.0 Å². The fourth-order valence-electron chi connectivity index (χ4n) is 2.42. The van der Waals surface area contributed by atoms with Gasteiger partial charge in [-0.05, 0) is 25.9 Å². The van der Waals surface area contributed by atoms with Crippen LogP contribution in [0.1, 0.15) is 30.2 Å². The Balaban J connectivity index is 2.19. The van der Waals surface area contributed by atoms with Crippen molar-refractivity contribution in [3.05, 3.63) is 16.1 Å². The van der Waals surface area contributed by atoms with Crippen LogP contribution in [0, 0.1) is 5.41 Å². The van der Waals surface area contributed by atoms with E-state index in [-0.39, 0.29) is 5.41 Å². The Bertz CT molecular complexity index is 383. The summed E-state index contributed by atoms with van der Waals surface area (Å²) in [5, 5.41) is 1.23. The average Bonchev–Trinajstić information content (AvgIpc) is 2.57. The van der Waals surface area contributed by atoms with Gasteiger partial charge in [-0.1, -0.05) is 13.8 Å². The molecule has 1 fully saturated rings. The molecule has 0 bridgehead atoms. The first kappa shape index (κ1) is 12.0. The van der Waals surface area contributed by atoms with Crippen LogP contribution in [0.3, 0.4) is 0 Å². The maximum absolute atomic E-state index is 5.94. The van der Waals surface area contributed by atoms with Crippen LogP contribution in [0.4, 0.5) is 0 Å². The van der Waals surface area contributed by atoms with Crippen LogP contribution in [0.2, 0.25) is 0 Å². The van der Waals surface area contributed by atoms with Gasteiger partial charge in [0.05, 0.1) is 0 Å². The molecule has 90 valence electrons. The van der Waals surface area contributed by atoms with Crippen molar-refractivity contribution in [1.82, 2.24) is 9.88 Å². The largest absolute Gasteiger partial charge is 0.329 e. The van der Waals surface area contributed by atoms with Crippen LogP contribution in [0.25, 0.3) is 0 Å². The summed E-state index contributed by atoms with van der Waals surface area (Å²) >= 11 is 1.82.